The first-order chi connectivity index (χ1) is 8.39. The second-order valence-electron chi connectivity index (χ2n) is 3.96. The molecule has 0 heterocycles. The van der Waals surface area contributed by atoms with E-state index in [1.54, 1.807) is 26.0 Å². The summed E-state index contributed by atoms with van der Waals surface area (Å²) in [6.07, 6.45) is 0.805. The first kappa shape index (κ1) is 15.0. The zero-order valence-corrected chi connectivity index (χ0v) is 11.8. The Kier molecular flexibility index (Phi) is 4.74. The fourth-order valence-corrected chi connectivity index (χ4v) is 3.29. The second-order valence-corrected chi connectivity index (χ2v) is 6.08. The van der Waals surface area contributed by atoms with Crippen LogP contribution >= 0.6 is 11.6 Å². The highest BCUT2D eigenvalue weighted by Gasteiger charge is 2.32. The molecule has 0 radical (unpaired) electrons. The van der Waals surface area contributed by atoms with Crippen molar-refractivity contribution in [3.05, 3.63) is 29.3 Å². The van der Waals surface area contributed by atoms with Crippen molar-refractivity contribution >= 4 is 21.6 Å². The van der Waals surface area contributed by atoms with Gasteiger partial charge in [0.15, 0.2) is 0 Å². The Morgan fingerprint density at radius 1 is 1.39 bits per heavy atom. The molecule has 1 rings (SSSR count). The van der Waals surface area contributed by atoms with E-state index in [4.69, 9.17) is 16.9 Å². The molecule has 0 bridgehead atoms. The molecule has 0 aliphatic rings. The summed E-state index contributed by atoms with van der Waals surface area (Å²) in [5.41, 5.74) is -1.07. The average Bonchev–Trinajstić information content (AvgIpc) is 2.36. The highest BCUT2D eigenvalue weighted by molar-refractivity contribution is 7.89. The highest BCUT2D eigenvalue weighted by atomic mass is 35.5. The van der Waals surface area contributed by atoms with E-state index in [9.17, 15) is 8.42 Å². The van der Waals surface area contributed by atoms with Crippen LogP contribution in [0.4, 0.5) is 0 Å². The van der Waals surface area contributed by atoms with Crippen molar-refractivity contribution in [2.75, 3.05) is 0 Å². The van der Waals surface area contributed by atoms with Crippen LogP contribution in [-0.2, 0) is 10.0 Å². The molecule has 6 heteroatoms. The molecule has 0 fully saturated rings. The summed E-state index contributed by atoms with van der Waals surface area (Å²) in [5.74, 6) is 0. The molecular formula is C12H15ClN2O2S. The lowest BCUT2D eigenvalue weighted by Crippen LogP contribution is -2.46. The second kappa shape index (κ2) is 5.70. The van der Waals surface area contributed by atoms with Gasteiger partial charge in [-0.1, -0.05) is 31.5 Å². The van der Waals surface area contributed by atoms with Crippen molar-refractivity contribution < 1.29 is 8.42 Å². The van der Waals surface area contributed by atoms with Gasteiger partial charge in [0, 0.05) is 5.02 Å². The quantitative estimate of drug-likeness (QED) is 0.905. The van der Waals surface area contributed by atoms with Crippen LogP contribution in [0.1, 0.15) is 26.7 Å². The number of benzene rings is 1. The van der Waals surface area contributed by atoms with Gasteiger partial charge in [-0.15, -0.1) is 0 Å². The van der Waals surface area contributed by atoms with Crippen molar-refractivity contribution in [3.63, 3.8) is 0 Å². The predicted octanol–water partition coefficient (Wildman–Crippen LogP) is 2.70. The fourth-order valence-electron chi connectivity index (χ4n) is 1.53. The fraction of sp³-hybridized carbons (Fsp3) is 0.417. The summed E-state index contributed by atoms with van der Waals surface area (Å²) in [6.45, 7) is 3.54. The Bertz CT molecular complexity index is 560. The lowest BCUT2D eigenvalue weighted by molar-refractivity contribution is 0.446. The maximum absolute atomic E-state index is 12.2. The minimum Gasteiger partial charge on any atom is -0.207 e. The molecule has 0 unspecified atom stereocenters. The van der Waals surface area contributed by atoms with E-state index in [1.807, 2.05) is 6.07 Å². The van der Waals surface area contributed by atoms with Gasteiger partial charge in [0.05, 0.1) is 11.0 Å². The van der Waals surface area contributed by atoms with Gasteiger partial charge in [-0.3, -0.25) is 0 Å². The lowest BCUT2D eigenvalue weighted by atomic mass is 9.97. The molecule has 0 atom stereocenters. The van der Waals surface area contributed by atoms with Crippen molar-refractivity contribution in [1.82, 2.24) is 4.72 Å². The van der Waals surface area contributed by atoms with E-state index in [0.29, 0.717) is 17.9 Å². The molecule has 0 aliphatic carbocycles. The molecule has 0 saturated heterocycles. The SMILES string of the molecule is CCC(C#N)(CC)NS(=O)(=O)c1cccc(Cl)c1. The van der Waals surface area contributed by atoms with Gasteiger partial charge in [0.25, 0.3) is 0 Å². The molecule has 18 heavy (non-hydrogen) atoms. The highest BCUT2D eigenvalue weighted by Crippen LogP contribution is 2.20. The molecule has 4 nitrogen and oxygen atoms in total. The maximum atomic E-state index is 12.2. The first-order valence-electron chi connectivity index (χ1n) is 5.60. The van der Waals surface area contributed by atoms with E-state index in [0.717, 1.165) is 0 Å². The van der Waals surface area contributed by atoms with Crippen LogP contribution in [0.3, 0.4) is 0 Å². The molecule has 1 aromatic rings. The Labute approximate surface area is 113 Å². The third-order valence-electron chi connectivity index (χ3n) is 2.86. The summed E-state index contributed by atoms with van der Waals surface area (Å²) in [4.78, 5) is 0.0662. The Morgan fingerprint density at radius 3 is 2.44 bits per heavy atom. The van der Waals surface area contributed by atoms with Crippen LogP contribution in [0, 0.1) is 11.3 Å². The van der Waals surface area contributed by atoms with Crippen LogP contribution in [0.5, 0.6) is 0 Å². The van der Waals surface area contributed by atoms with Gasteiger partial charge < -0.3 is 0 Å². The number of halogens is 1. The predicted molar refractivity (Wildman–Crippen MR) is 70.7 cm³/mol. The number of hydrogen-bond acceptors (Lipinski definition) is 3. The molecule has 1 aromatic carbocycles. The summed E-state index contributed by atoms with van der Waals surface area (Å²) < 4.78 is 26.8. The Hall–Kier alpha value is -1.09. The van der Waals surface area contributed by atoms with Crippen LogP contribution in [0.25, 0.3) is 0 Å². The Balaban J connectivity index is 3.13. The number of nitrogens with one attached hydrogen (secondary N) is 1. The van der Waals surface area contributed by atoms with Crippen LogP contribution in [0.15, 0.2) is 29.2 Å². The summed E-state index contributed by atoms with van der Waals surface area (Å²) in [5, 5.41) is 9.48. The summed E-state index contributed by atoms with van der Waals surface area (Å²) >= 11 is 5.77. The van der Waals surface area contributed by atoms with Crippen LogP contribution < -0.4 is 4.72 Å². The third-order valence-corrected chi connectivity index (χ3v) is 4.63. The average molecular weight is 287 g/mol. The molecule has 0 saturated carbocycles. The van der Waals surface area contributed by atoms with Gasteiger partial charge in [-0.25, -0.2) is 8.42 Å². The number of nitrogens with zero attached hydrogens (tertiary/aromatic N) is 1. The van der Waals surface area contributed by atoms with Crippen molar-refractivity contribution in [3.8, 4) is 6.07 Å². The zero-order valence-electron chi connectivity index (χ0n) is 10.3. The van der Waals surface area contributed by atoms with E-state index >= 15 is 0 Å². The molecule has 1 N–H and O–H groups in total. The van der Waals surface area contributed by atoms with Crippen LogP contribution in [0.2, 0.25) is 5.02 Å². The van der Waals surface area contributed by atoms with E-state index < -0.39 is 15.6 Å². The molecule has 0 aliphatic heterocycles. The molecular weight excluding hydrogens is 272 g/mol. The largest absolute Gasteiger partial charge is 0.241 e. The van der Waals surface area contributed by atoms with Crippen molar-refractivity contribution in [1.29, 1.82) is 5.26 Å². The lowest BCUT2D eigenvalue weighted by Gasteiger charge is -2.24. The topological polar surface area (TPSA) is 70.0 Å². The van der Waals surface area contributed by atoms with Gasteiger partial charge in [-0.05, 0) is 31.0 Å². The van der Waals surface area contributed by atoms with Crippen molar-refractivity contribution in [2.24, 2.45) is 0 Å². The van der Waals surface area contributed by atoms with Crippen molar-refractivity contribution in [2.45, 2.75) is 37.1 Å². The van der Waals surface area contributed by atoms with E-state index in [2.05, 4.69) is 4.72 Å². The number of nitriles is 1. The van der Waals surface area contributed by atoms with E-state index in [-0.39, 0.29) is 4.90 Å². The number of hydrogen-bond donors (Lipinski definition) is 1. The van der Waals surface area contributed by atoms with E-state index in [1.165, 1.54) is 12.1 Å². The van der Waals surface area contributed by atoms with Gasteiger partial charge in [0.1, 0.15) is 5.54 Å². The third kappa shape index (κ3) is 3.22. The summed E-state index contributed by atoms with van der Waals surface area (Å²) in [6, 6.07) is 7.99. The molecule has 0 spiro atoms. The normalized spacial score (nSPS) is 12.1. The Morgan fingerprint density at radius 2 is 2.00 bits per heavy atom. The molecule has 98 valence electrons. The zero-order chi connectivity index (χ0) is 13.8. The number of sulfonamides is 1. The first-order valence-corrected chi connectivity index (χ1v) is 7.46. The standard InChI is InChI=1S/C12H15ClN2O2S/c1-3-12(4-2,9-14)15-18(16,17)11-7-5-6-10(13)8-11/h5-8,15H,3-4H2,1-2H3. The minimum absolute atomic E-state index is 0.0662. The van der Waals surface area contributed by atoms with Gasteiger partial charge in [-0.2, -0.15) is 9.98 Å². The maximum Gasteiger partial charge on any atom is 0.241 e. The monoisotopic (exact) mass is 286 g/mol. The summed E-state index contributed by atoms with van der Waals surface area (Å²) in [7, 11) is -3.73. The molecule has 0 amide bonds. The van der Waals surface area contributed by atoms with Crippen LogP contribution in [-0.4, -0.2) is 14.0 Å². The molecule has 0 aromatic heterocycles. The smallest absolute Gasteiger partial charge is 0.207 e. The minimum atomic E-state index is -3.73. The van der Waals surface area contributed by atoms with Gasteiger partial charge >= 0.3 is 0 Å². The number of rotatable bonds is 5. The van der Waals surface area contributed by atoms with Gasteiger partial charge in [0.2, 0.25) is 10.0 Å².